The number of benzene rings is 1. The Labute approximate surface area is 188 Å². The van der Waals surface area contributed by atoms with Gasteiger partial charge < -0.3 is 14.6 Å². The standard InChI is InChI=1S/C25H30FN5O/c26-21-10-8-20(9-11-21)24(19-5-1-2-6-19)28-25(32)30-15-13-29(14-16-30)17-22-18-31-12-4-3-7-23(31)27-22/h3-4,7-12,18-19,24H,1-2,5-6,13-17H2,(H,28,32). The van der Waals surface area contributed by atoms with Crippen molar-refractivity contribution in [2.45, 2.75) is 38.3 Å². The molecular weight excluding hydrogens is 405 g/mol. The molecule has 1 unspecified atom stereocenters. The van der Waals surface area contributed by atoms with E-state index in [2.05, 4.69) is 21.4 Å². The Hall–Kier alpha value is -2.93. The molecule has 1 aliphatic heterocycles. The van der Waals surface area contributed by atoms with Gasteiger partial charge >= 0.3 is 6.03 Å². The normalized spacial score (nSPS) is 18.8. The zero-order valence-corrected chi connectivity index (χ0v) is 18.3. The zero-order valence-electron chi connectivity index (χ0n) is 18.3. The van der Waals surface area contributed by atoms with Crippen molar-refractivity contribution in [3.8, 4) is 0 Å². The monoisotopic (exact) mass is 435 g/mol. The lowest BCUT2D eigenvalue weighted by atomic mass is 9.91. The zero-order chi connectivity index (χ0) is 21.9. The summed E-state index contributed by atoms with van der Waals surface area (Å²) in [6.45, 7) is 3.83. The van der Waals surface area contributed by atoms with Gasteiger partial charge in [0.25, 0.3) is 0 Å². The molecule has 1 N–H and O–H groups in total. The lowest BCUT2D eigenvalue weighted by molar-refractivity contribution is 0.130. The Morgan fingerprint density at radius 3 is 2.53 bits per heavy atom. The van der Waals surface area contributed by atoms with E-state index in [1.807, 2.05) is 45.8 Å². The number of amides is 2. The van der Waals surface area contributed by atoms with Gasteiger partial charge in [-0.3, -0.25) is 4.90 Å². The SMILES string of the molecule is O=C(NC(c1ccc(F)cc1)C1CCCC1)N1CCN(Cc2cn3ccccc3n2)CC1. The van der Waals surface area contributed by atoms with Gasteiger partial charge in [-0.05, 0) is 48.6 Å². The van der Waals surface area contributed by atoms with Crippen molar-refractivity contribution in [1.82, 2.24) is 24.5 Å². The molecule has 2 amide bonds. The molecule has 3 aromatic rings. The number of halogens is 1. The third-order valence-corrected chi connectivity index (χ3v) is 6.84. The highest BCUT2D eigenvalue weighted by molar-refractivity contribution is 5.75. The van der Waals surface area contributed by atoms with Crippen LogP contribution in [0.15, 0.2) is 54.9 Å². The summed E-state index contributed by atoms with van der Waals surface area (Å²) < 4.78 is 15.5. The van der Waals surface area contributed by atoms with Crippen molar-refractivity contribution in [1.29, 1.82) is 0 Å². The lowest BCUT2D eigenvalue weighted by Crippen LogP contribution is -2.52. The maximum atomic E-state index is 13.4. The summed E-state index contributed by atoms with van der Waals surface area (Å²) >= 11 is 0. The van der Waals surface area contributed by atoms with Crippen LogP contribution >= 0.6 is 0 Å². The molecule has 1 atom stereocenters. The van der Waals surface area contributed by atoms with Gasteiger partial charge in [0.2, 0.25) is 0 Å². The van der Waals surface area contributed by atoms with Crippen LogP contribution in [0, 0.1) is 11.7 Å². The lowest BCUT2D eigenvalue weighted by Gasteiger charge is -2.36. The van der Waals surface area contributed by atoms with E-state index >= 15 is 0 Å². The number of nitrogens with zero attached hydrogens (tertiary/aromatic N) is 4. The first-order valence-corrected chi connectivity index (χ1v) is 11.6. The Morgan fingerprint density at radius 2 is 1.81 bits per heavy atom. The number of carbonyl (C=O) groups is 1. The third kappa shape index (κ3) is 4.63. The number of pyridine rings is 1. The van der Waals surface area contributed by atoms with E-state index in [0.29, 0.717) is 19.0 Å². The maximum absolute atomic E-state index is 13.4. The highest BCUT2D eigenvalue weighted by Gasteiger charge is 2.30. The molecule has 1 saturated heterocycles. The Balaban J connectivity index is 1.18. The van der Waals surface area contributed by atoms with E-state index in [4.69, 9.17) is 0 Å². The summed E-state index contributed by atoms with van der Waals surface area (Å²) in [6, 6.07) is 12.5. The highest BCUT2D eigenvalue weighted by Crippen LogP contribution is 2.36. The molecule has 2 fully saturated rings. The molecule has 1 aromatic carbocycles. The number of aromatic nitrogens is 2. The van der Waals surface area contributed by atoms with Crippen LogP contribution in [0.5, 0.6) is 0 Å². The number of hydrogen-bond donors (Lipinski definition) is 1. The fraction of sp³-hybridized carbons (Fsp3) is 0.440. The predicted molar refractivity (Wildman–Crippen MR) is 122 cm³/mol. The quantitative estimate of drug-likeness (QED) is 0.653. The van der Waals surface area contributed by atoms with Crippen LogP contribution in [0.3, 0.4) is 0 Å². The molecular formula is C25H30FN5O. The van der Waals surface area contributed by atoms with E-state index in [-0.39, 0.29) is 17.9 Å². The second-order valence-electron chi connectivity index (χ2n) is 8.98. The fourth-order valence-electron chi connectivity index (χ4n) is 5.06. The minimum Gasteiger partial charge on any atom is -0.331 e. The Bertz CT molecular complexity index is 1020. The van der Waals surface area contributed by atoms with Gasteiger partial charge in [-0.15, -0.1) is 0 Å². The molecule has 1 aliphatic carbocycles. The number of rotatable bonds is 5. The summed E-state index contributed by atoms with van der Waals surface area (Å²) in [5, 5.41) is 3.28. The van der Waals surface area contributed by atoms with Crippen molar-refractivity contribution in [3.05, 3.63) is 71.9 Å². The topological polar surface area (TPSA) is 52.9 Å². The molecule has 2 aliphatic rings. The second-order valence-corrected chi connectivity index (χ2v) is 8.98. The van der Waals surface area contributed by atoms with Crippen LogP contribution in [-0.4, -0.2) is 51.4 Å². The van der Waals surface area contributed by atoms with Crippen LogP contribution in [-0.2, 0) is 6.54 Å². The number of imidazole rings is 1. The molecule has 3 heterocycles. The van der Waals surface area contributed by atoms with Crippen molar-refractivity contribution >= 4 is 11.7 Å². The van der Waals surface area contributed by atoms with Crippen molar-refractivity contribution in [2.75, 3.05) is 26.2 Å². The average Bonchev–Trinajstić information content (AvgIpc) is 3.48. The van der Waals surface area contributed by atoms with Gasteiger partial charge in [-0.25, -0.2) is 14.2 Å². The Morgan fingerprint density at radius 1 is 1.06 bits per heavy atom. The molecule has 0 radical (unpaired) electrons. The summed E-state index contributed by atoms with van der Waals surface area (Å²) in [6.07, 6.45) is 8.68. The van der Waals surface area contributed by atoms with Crippen molar-refractivity contribution < 1.29 is 9.18 Å². The van der Waals surface area contributed by atoms with Gasteiger partial charge in [-0.1, -0.05) is 31.0 Å². The molecule has 0 spiro atoms. The van der Waals surface area contributed by atoms with E-state index < -0.39 is 0 Å². The number of nitrogens with one attached hydrogen (secondary N) is 1. The van der Waals surface area contributed by atoms with Crippen LogP contribution in [0.4, 0.5) is 9.18 Å². The number of fused-ring (bicyclic) bond motifs is 1. The molecule has 32 heavy (non-hydrogen) atoms. The molecule has 6 nitrogen and oxygen atoms in total. The van der Waals surface area contributed by atoms with Gasteiger partial charge in [0.05, 0.1) is 11.7 Å². The number of carbonyl (C=O) groups excluding carboxylic acids is 1. The summed E-state index contributed by atoms with van der Waals surface area (Å²) in [5.41, 5.74) is 3.00. The molecule has 7 heteroatoms. The molecule has 1 saturated carbocycles. The van der Waals surface area contributed by atoms with E-state index in [1.165, 1.54) is 25.0 Å². The first-order valence-electron chi connectivity index (χ1n) is 11.6. The largest absolute Gasteiger partial charge is 0.331 e. The smallest absolute Gasteiger partial charge is 0.317 e. The Kier molecular flexibility index (Phi) is 6.08. The molecule has 168 valence electrons. The molecule has 5 rings (SSSR count). The van der Waals surface area contributed by atoms with Crippen molar-refractivity contribution in [2.24, 2.45) is 5.92 Å². The number of hydrogen-bond acceptors (Lipinski definition) is 3. The summed E-state index contributed by atoms with van der Waals surface area (Å²) in [7, 11) is 0. The van der Waals surface area contributed by atoms with Crippen LogP contribution < -0.4 is 5.32 Å². The first kappa shape index (κ1) is 20.9. The van der Waals surface area contributed by atoms with E-state index in [0.717, 1.165) is 49.4 Å². The average molecular weight is 436 g/mol. The number of piperazine rings is 1. The molecule has 0 bridgehead atoms. The first-order chi connectivity index (χ1) is 15.7. The van der Waals surface area contributed by atoms with Gasteiger partial charge in [0.1, 0.15) is 11.5 Å². The second kappa shape index (κ2) is 9.28. The minimum absolute atomic E-state index is 0.0152. The van der Waals surface area contributed by atoms with E-state index in [9.17, 15) is 9.18 Å². The maximum Gasteiger partial charge on any atom is 0.317 e. The summed E-state index contributed by atoms with van der Waals surface area (Å²) in [5.74, 6) is 0.174. The van der Waals surface area contributed by atoms with Crippen LogP contribution in [0.2, 0.25) is 0 Å². The van der Waals surface area contributed by atoms with Crippen molar-refractivity contribution in [3.63, 3.8) is 0 Å². The van der Waals surface area contributed by atoms with Crippen LogP contribution in [0.1, 0.15) is 43.0 Å². The fourth-order valence-corrected chi connectivity index (χ4v) is 5.06. The highest BCUT2D eigenvalue weighted by atomic mass is 19.1. The minimum atomic E-state index is -0.244. The van der Waals surface area contributed by atoms with Gasteiger partial charge in [-0.2, -0.15) is 0 Å². The van der Waals surface area contributed by atoms with E-state index in [1.54, 1.807) is 0 Å². The van der Waals surface area contributed by atoms with Gasteiger partial charge in [0.15, 0.2) is 0 Å². The number of urea groups is 1. The third-order valence-electron chi connectivity index (χ3n) is 6.84. The van der Waals surface area contributed by atoms with Crippen LogP contribution in [0.25, 0.3) is 5.65 Å². The van der Waals surface area contributed by atoms with Gasteiger partial charge in [0, 0.05) is 45.1 Å². The molecule has 2 aromatic heterocycles. The summed E-state index contributed by atoms with van der Waals surface area (Å²) in [4.78, 5) is 22.0. The predicted octanol–water partition coefficient (Wildman–Crippen LogP) is 4.23.